The van der Waals surface area contributed by atoms with E-state index in [9.17, 15) is 30.8 Å². The standard InChI is InChI=1S/C11H10ClF4NO4S/c1-10(19,11(14,15)16)9(18)17-5-3-4-6(22(2,20)21)8(13)7(5)12/h3-4,19H,1-2H3,(H,17,18). The molecule has 124 valence electrons. The van der Waals surface area contributed by atoms with Gasteiger partial charge in [0.05, 0.1) is 5.69 Å². The summed E-state index contributed by atoms with van der Waals surface area (Å²) in [5, 5.41) is 9.86. The second kappa shape index (κ2) is 5.67. The lowest BCUT2D eigenvalue weighted by molar-refractivity contribution is -0.242. The molecular weight excluding hydrogens is 354 g/mol. The Morgan fingerprint density at radius 2 is 1.82 bits per heavy atom. The van der Waals surface area contributed by atoms with Crippen LogP contribution >= 0.6 is 11.6 Å². The van der Waals surface area contributed by atoms with Crippen molar-refractivity contribution in [1.29, 1.82) is 0 Å². The number of aliphatic hydroxyl groups is 1. The van der Waals surface area contributed by atoms with Gasteiger partial charge in [0.2, 0.25) is 5.60 Å². The van der Waals surface area contributed by atoms with Crippen LogP contribution in [0.3, 0.4) is 0 Å². The van der Waals surface area contributed by atoms with E-state index in [2.05, 4.69) is 0 Å². The minimum absolute atomic E-state index is 0.206. The molecule has 1 atom stereocenters. The van der Waals surface area contributed by atoms with Gasteiger partial charge in [-0.3, -0.25) is 4.79 Å². The van der Waals surface area contributed by atoms with E-state index >= 15 is 0 Å². The number of anilines is 1. The number of halogens is 5. The van der Waals surface area contributed by atoms with Crippen molar-refractivity contribution in [2.24, 2.45) is 0 Å². The van der Waals surface area contributed by atoms with E-state index < -0.39 is 48.9 Å². The number of amides is 1. The van der Waals surface area contributed by atoms with Crippen LogP contribution in [0.2, 0.25) is 5.02 Å². The maximum absolute atomic E-state index is 13.8. The summed E-state index contributed by atoms with van der Waals surface area (Å²) in [5.74, 6) is -3.32. The van der Waals surface area contributed by atoms with Gasteiger partial charge < -0.3 is 10.4 Å². The largest absolute Gasteiger partial charge is 0.426 e. The fourth-order valence-electron chi connectivity index (χ4n) is 1.29. The van der Waals surface area contributed by atoms with Crippen molar-refractivity contribution in [3.05, 3.63) is 23.0 Å². The van der Waals surface area contributed by atoms with Crippen LogP contribution in [0.25, 0.3) is 0 Å². The summed E-state index contributed by atoms with van der Waals surface area (Å²) in [6.07, 6.45) is -4.57. The lowest BCUT2D eigenvalue weighted by Crippen LogP contribution is -2.52. The van der Waals surface area contributed by atoms with Gasteiger partial charge in [0, 0.05) is 6.26 Å². The SMILES string of the molecule is CC(O)(C(=O)Nc1ccc(S(C)(=O)=O)c(F)c1Cl)C(F)(F)F. The molecule has 0 bridgehead atoms. The molecule has 0 spiro atoms. The fraction of sp³-hybridized carbons (Fsp3) is 0.364. The average Bonchev–Trinajstić information content (AvgIpc) is 2.31. The van der Waals surface area contributed by atoms with E-state index in [1.807, 2.05) is 0 Å². The van der Waals surface area contributed by atoms with Crippen molar-refractivity contribution in [2.45, 2.75) is 23.6 Å². The highest BCUT2D eigenvalue weighted by Gasteiger charge is 2.55. The van der Waals surface area contributed by atoms with Gasteiger partial charge >= 0.3 is 6.18 Å². The molecule has 0 radical (unpaired) electrons. The maximum atomic E-state index is 13.8. The Labute approximate surface area is 127 Å². The van der Waals surface area contributed by atoms with Crippen LogP contribution in [-0.4, -0.2) is 37.5 Å². The van der Waals surface area contributed by atoms with Crippen molar-refractivity contribution < 1.29 is 35.9 Å². The average molecular weight is 364 g/mol. The molecule has 22 heavy (non-hydrogen) atoms. The second-order valence-electron chi connectivity index (χ2n) is 4.54. The summed E-state index contributed by atoms with van der Waals surface area (Å²) in [4.78, 5) is 10.7. The highest BCUT2D eigenvalue weighted by atomic mass is 35.5. The molecule has 0 saturated heterocycles. The second-order valence-corrected chi connectivity index (χ2v) is 6.90. The van der Waals surface area contributed by atoms with Gasteiger partial charge in [-0.2, -0.15) is 13.2 Å². The Balaban J connectivity index is 3.22. The molecular formula is C11H10ClF4NO4S. The van der Waals surface area contributed by atoms with Crippen molar-refractivity contribution in [3.8, 4) is 0 Å². The number of rotatable bonds is 3. The highest BCUT2D eigenvalue weighted by molar-refractivity contribution is 7.90. The number of hydrogen-bond acceptors (Lipinski definition) is 4. The molecule has 0 fully saturated rings. The predicted molar refractivity (Wildman–Crippen MR) is 69.8 cm³/mol. The van der Waals surface area contributed by atoms with Gasteiger partial charge in [0.1, 0.15) is 9.92 Å². The summed E-state index contributed by atoms with van der Waals surface area (Å²) in [7, 11) is -3.95. The highest BCUT2D eigenvalue weighted by Crippen LogP contribution is 2.34. The van der Waals surface area contributed by atoms with E-state index in [0.29, 0.717) is 6.26 Å². The molecule has 0 aliphatic heterocycles. The molecule has 1 amide bonds. The molecule has 5 nitrogen and oxygen atoms in total. The molecule has 1 aromatic rings. The topological polar surface area (TPSA) is 83.5 Å². The van der Waals surface area contributed by atoms with Crippen LogP contribution < -0.4 is 5.32 Å². The lowest BCUT2D eigenvalue weighted by Gasteiger charge is -2.25. The van der Waals surface area contributed by atoms with E-state index in [4.69, 9.17) is 16.7 Å². The first-order valence-electron chi connectivity index (χ1n) is 5.48. The normalized spacial score (nSPS) is 15.3. The van der Waals surface area contributed by atoms with E-state index in [0.717, 1.165) is 12.1 Å². The van der Waals surface area contributed by atoms with Crippen LogP contribution in [0, 0.1) is 5.82 Å². The van der Waals surface area contributed by atoms with E-state index in [1.54, 1.807) is 5.32 Å². The lowest BCUT2D eigenvalue weighted by atomic mass is 10.1. The Hall–Kier alpha value is -1.39. The third-order valence-corrected chi connectivity index (χ3v) is 4.17. The summed E-state index contributed by atoms with van der Waals surface area (Å²) in [5.41, 5.74) is -4.34. The molecule has 1 unspecified atom stereocenters. The fourth-order valence-corrected chi connectivity index (χ4v) is 2.30. The Kier molecular flexibility index (Phi) is 4.81. The summed E-state index contributed by atoms with van der Waals surface area (Å²) in [6.45, 7) is 0.206. The smallest absolute Gasteiger partial charge is 0.373 e. The third kappa shape index (κ3) is 3.50. The van der Waals surface area contributed by atoms with Crippen LogP contribution in [-0.2, 0) is 14.6 Å². The van der Waals surface area contributed by atoms with Crippen LogP contribution in [0.4, 0.5) is 23.2 Å². The number of carbonyl (C=O) groups excluding carboxylic acids is 1. The van der Waals surface area contributed by atoms with Crippen LogP contribution in [0.5, 0.6) is 0 Å². The minimum atomic E-state index is -5.27. The minimum Gasteiger partial charge on any atom is -0.373 e. The first-order chi connectivity index (χ1) is 9.69. The molecule has 1 aromatic carbocycles. The number of nitrogens with one attached hydrogen (secondary N) is 1. The first-order valence-corrected chi connectivity index (χ1v) is 7.75. The van der Waals surface area contributed by atoms with Crippen LogP contribution in [0.1, 0.15) is 6.92 Å². The summed E-state index contributed by atoms with van der Waals surface area (Å²) in [6, 6.07) is 1.54. The molecule has 1 rings (SSSR count). The van der Waals surface area contributed by atoms with Crippen LogP contribution in [0.15, 0.2) is 17.0 Å². The van der Waals surface area contributed by atoms with Gasteiger partial charge in [-0.05, 0) is 19.1 Å². The summed E-state index contributed by atoms with van der Waals surface area (Å²) >= 11 is 5.50. The van der Waals surface area contributed by atoms with E-state index in [1.165, 1.54) is 0 Å². The molecule has 11 heteroatoms. The Bertz CT molecular complexity index is 716. The first kappa shape index (κ1) is 18.7. The molecule has 0 aliphatic rings. The van der Waals surface area contributed by atoms with Crippen molar-refractivity contribution in [3.63, 3.8) is 0 Å². The molecule has 0 aliphatic carbocycles. The summed E-state index contributed by atoms with van der Waals surface area (Å²) < 4.78 is 73.8. The number of hydrogen-bond donors (Lipinski definition) is 2. The number of sulfone groups is 1. The quantitative estimate of drug-likeness (QED) is 0.806. The van der Waals surface area contributed by atoms with Gasteiger partial charge in [0.15, 0.2) is 15.7 Å². The zero-order valence-corrected chi connectivity index (χ0v) is 12.7. The molecule has 0 aromatic heterocycles. The number of alkyl halides is 3. The maximum Gasteiger partial charge on any atom is 0.426 e. The Morgan fingerprint density at radius 1 is 1.32 bits per heavy atom. The van der Waals surface area contributed by atoms with Gasteiger partial charge in [0.25, 0.3) is 5.91 Å². The zero-order valence-electron chi connectivity index (χ0n) is 11.1. The number of carbonyl (C=O) groups is 1. The van der Waals surface area contributed by atoms with Crippen molar-refractivity contribution in [2.75, 3.05) is 11.6 Å². The third-order valence-electron chi connectivity index (χ3n) is 2.69. The van der Waals surface area contributed by atoms with Gasteiger partial charge in [-0.25, -0.2) is 12.8 Å². The van der Waals surface area contributed by atoms with Crippen molar-refractivity contribution >= 4 is 33.0 Å². The zero-order chi connectivity index (χ0) is 17.5. The Morgan fingerprint density at radius 3 is 2.23 bits per heavy atom. The molecule has 0 heterocycles. The predicted octanol–water partition coefficient (Wildman–Crippen LogP) is 2.13. The van der Waals surface area contributed by atoms with E-state index in [-0.39, 0.29) is 6.92 Å². The van der Waals surface area contributed by atoms with Gasteiger partial charge in [-0.1, -0.05) is 11.6 Å². The number of benzene rings is 1. The molecule has 0 saturated carbocycles. The molecule has 2 N–H and O–H groups in total. The van der Waals surface area contributed by atoms with Crippen molar-refractivity contribution in [1.82, 2.24) is 0 Å². The monoisotopic (exact) mass is 363 g/mol. The van der Waals surface area contributed by atoms with Gasteiger partial charge in [-0.15, -0.1) is 0 Å².